The Morgan fingerprint density at radius 3 is 3.20 bits per heavy atom. The molecule has 0 amide bonds. The Bertz CT molecular complexity index is 401. The molecule has 2 rings (SSSR count). The fraction of sp³-hybridized carbons (Fsp3) is 0.385. The van der Waals surface area contributed by atoms with E-state index in [2.05, 4.69) is 17.9 Å². The van der Waals surface area contributed by atoms with Gasteiger partial charge in [0.25, 0.3) is 0 Å². The first-order chi connectivity index (χ1) is 7.40. The average molecular weight is 221 g/mol. The summed E-state index contributed by atoms with van der Waals surface area (Å²) in [6, 6.07) is 6.14. The van der Waals surface area contributed by atoms with Crippen molar-refractivity contribution in [2.45, 2.75) is 19.3 Å². The van der Waals surface area contributed by atoms with Crippen LogP contribution in [0, 0.1) is 11.8 Å². The molecule has 1 aromatic rings. The van der Waals surface area contributed by atoms with Crippen molar-refractivity contribution in [1.82, 2.24) is 0 Å². The van der Waals surface area contributed by atoms with Crippen molar-refractivity contribution in [1.29, 1.82) is 0 Å². The number of hydrogen-bond acceptors (Lipinski definition) is 1. The monoisotopic (exact) mass is 220 g/mol. The van der Waals surface area contributed by atoms with Crippen LogP contribution in [0.1, 0.15) is 24.0 Å². The molecule has 2 heteroatoms. The number of halogens is 1. The summed E-state index contributed by atoms with van der Waals surface area (Å²) in [6.07, 6.45) is 2.84. The van der Waals surface area contributed by atoms with Crippen molar-refractivity contribution in [2.75, 3.05) is 12.5 Å². The summed E-state index contributed by atoms with van der Waals surface area (Å²) in [5.41, 5.74) is 2.35. The fourth-order valence-electron chi connectivity index (χ4n) is 1.58. The number of fused-ring (bicyclic) bond motifs is 1. The van der Waals surface area contributed by atoms with Gasteiger partial charge in [0.05, 0.1) is 6.61 Å². The van der Waals surface area contributed by atoms with E-state index >= 15 is 0 Å². The Labute approximate surface area is 95.4 Å². The molecule has 1 aliphatic heterocycles. The van der Waals surface area contributed by atoms with E-state index in [1.54, 1.807) is 0 Å². The minimum atomic E-state index is 0.687. The van der Waals surface area contributed by atoms with E-state index in [-0.39, 0.29) is 0 Å². The third-order valence-electron chi connectivity index (χ3n) is 2.36. The van der Waals surface area contributed by atoms with Crippen LogP contribution in [0.3, 0.4) is 0 Å². The van der Waals surface area contributed by atoms with Gasteiger partial charge in [-0.1, -0.05) is 11.8 Å². The SMILES string of the molecule is ClCCCC#Cc1ccc2c(c1)CCO2. The highest BCUT2D eigenvalue weighted by Crippen LogP contribution is 2.25. The second-order valence-electron chi connectivity index (χ2n) is 3.52. The van der Waals surface area contributed by atoms with Crippen LogP contribution < -0.4 is 4.74 Å². The van der Waals surface area contributed by atoms with E-state index in [1.165, 1.54) is 5.56 Å². The molecule has 0 fully saturated rings. The lowest BCUT2D eigenvalue weighted by molar-refractivity contribution is 0.357. The predicted octanol–water partition coefficient (Wildman–Crippen LogP) is 2.99. The molecule has 0 saturated carbocycles. The van der Waals surface area contributed by atoms with Crippen molar-refractivity contribution in [3.8, 4) is 17.6 Å². The van der Waals surface area contributed by atoms with Crippen molar-refractivity contribution < 1.29 is 4.74 Å². The molecule has 0 bridgehead atoms. The lowest BCUT2D eigenvalue weighted by atomic mass is 10.1. The number of ether oxygens (including phenoxy) is 1. The summed E-state index contributed by atoms with van der Waals surface area (Å²) in [4.78, 5) is 0. The smallest absolute Gasteiger partial charge is 0.122 e. The minimum absolute atomic E-state index is 0.687. The van der Waals surface area contributed by atoms with E-state index in [4.69, 9.17) is 16.3 Å². The van der Waals surface area contributed by atoms with Crippen LogP contribution in [0.5, 0.6) is 5.75 Å². The normalized spacial score (nSPS) is 12.6. The molecular formula is C13H13ClO. The number of unbranched alkanes of at least 4 members (excludes halogenated alkanes) is 1. The molecule has 0 atom stereocenters. The van der Waals surface area contributed by atoms with Crippen LogP contribution in [0.2, 0.25) is 0 Å². The first-order valence-corrected chi connectivity index (χ1v) is 5.74. The zero-order chi connectivity index (χ0) is 10.5. The molecule has 0 spiro atoms. The lowest BCUT2D eigenvalue weighted by Gasteiger charge is -1.97. The number of hydrogen-bond donors (Lipinski definition) is 0. The van der Waals surface area contributed by atoms with E-state index in [0.29, 0.717) is 5.88 Å². The molecule has 78 valence electrons. The van der Waals surface area contributed by atoms with Gasteiger partial charge in [-0.25, -0.2) is 0 Å². The van der Waals surface area contributed by atoms with Gasteiger partial charge >= 0.3 is 0 Å². The maximum Gasteiger partial charge on any atom is 0.122 e. The van der Waals surface area contributed by atoms with Gasteiger partial charge in [0.1, 0.15) is 5.75 Å². The van der Waals surface area contributed by atoms with Gasteiger partial charge < -0.3 is 4.74 Å². The highest BCUT2D eigenvalue weighted by atomic mass is 35.5. The second kappa shape index (κ2) is 5.09. The lowest BCUT2D eigenvalue weighted by Crippen LogP contribution is -1.85. The van der Waals surface area contributed by atoms with Crippen LogP contribution >= 0.6 is 11.6 Å². The van der Waals surface area contributed by atoms with Crippen molar-refractivity contribution in [3.63, 3.8) is 0 Å². The summed E-state index contributed by atoms with van der Waals surface area (Å²) in [5, 5.41) is 0. The summed E-state index contributed by atoms with van der Waals surface area (Å²) >= 11 is 5.58. The number of alkyl halides is 1. The maximum absolute atomic E-state index is 5.58. The quantitative estimate of drug-likeness (QED) is 0.423. The van der Waals surface area contributed by atoms with Crippen LogP contribution in [0.4, 0.5) is 0 Å². The standard InChI is InChI=1S/C13H13ClO/c14-8-3-1-2-4-11-5-6-13-12(10-11)7-9-15-13/h5-6,10H,1,3,7-9H2. The minimum Gasteiger partial charge on any atom is -0.493 e. The van der Waals surface area contributed by atoms with Gasteiger partial charge in [0.2, 0.25) is 0 Å². The first-order valence-electron chi connectivity index (χ1n) is 5.21. The average Bonchev–Trinajstić information content (AvgIpc) is 2.71. The van der Waals surface area contributed by atoms with E-state index in [9.17, 15) is 0 Å². The molecule has 1 aliphatic rings. The molecule has 0 aromatic heterocycles. The van der Waals surface area contributed by atoms with Crippen LogP contribution in [-0.2, 0) is 6.42 Å². The molecule has 0 aliphatic carbocycles. The Morgan fingerprint density at radius 2 is 2.33 bits per heavy atom. The first kappa shape index (κ1) is 10.4. The third kappa shape index (κ3) is 2.67. The molecular weight excluding hydrogens is 208 g/mol. The fourth-order valence-corrected chi connectivity index (χ4v) is 1.72. The maximum atomic E-state index is 5.58. The second-order valence-corrected chi connectivity index (χ2v) is 3.89. The molecule has 1 nitrogen and oxygen atoms in total. The topological polar surface area (TPSA) is 9.23 Å². The van der Waals surface area contributed by atoms with E-state index < -0.39 is 0 Å². The van der Waals surface area contributed by atoms with Gasteiger partial charge in [-0.3, -0.25) is 0 Å². The molecule has 0 unspecified atom stereocenters. The highest BCUT2D eigenvalue weighted by molar-refractivity contribution is 6.17. The van der Waals surface area contributed by atoms with Crippen LogP contribution in [0.25, 0.3) is 0 Å². The Balaban J connectivity index is 2.05. The summed E-state index contributed by atoms with van der Waals surface area (Å²) in [5.74, 6) is 7.97. The Morgan fingerprint density at radius 1 is 1.40 bits per heavy atom. The molecule has 1 heterocycles. The van der Waals surface area contributed by atoms with Crippen molar-refractivity contribution in [2.24, 2.45) is 0 Å². The largest absolute Gasteiger partial charge is 0.493 e. The van der Waals surface area contributed by atoms with Gasteiger partial charge in [-0.15, -0.1) is 11.6 Å². The van der Waals surface area contributed by atoms with E-state index in [0.717, 1.165) is 37.2 Å². The summed E-state index contributed by atoms with van der Waals surface area (Å²) in [6.45, 7) is 0.804. The number of benzene rings is 1. The third-order valence-corrected chi connectivity index (χ3v) is 2.62. The zero-order valence-corrected chi connectivity index (χ0v) is 9.31. The summed E-state index contributed by atoms with van der Waals surface area (Å²) in [7, 11) is 0. The van der Waals surface area contributed by atoms with Crippen LogP contribution in [-0.4, -0.2) is 12.5 Å². The Kier molecular flexibility index (Phi) is 3.53. The molecule has 15 heavy (non-hydrogen) atoms. The number of rotatable bonds is 2. The molecule has 0 N–H and O–H groups in total. The zero-order valence-electron chi connectivity index (χ0n) is 8.55. The highest BCUT2D eigenvalue weighted by Gasteiger charge is 2.10. The molecule has 0 saturated heterocycles. The van der Waals surface area contributed by atoms with Crippen molar-refractivity contribution >= 4 is 11.6 Å². The van der Waals surface area contributed by atoms with E-state index in [1.807, 2.05) is 12.1 Å². The van der Waals surface area contributed by atoms with Gasteiger partial charge in [-0.05, 0) is 30.2 Å². The van der Waals surface area contributed by atoms with Gasteiger partial charge in [0, 0.05) is 24.3 Å². The van der Waals surface area contributed by atoms with Crippen molar-refractivity contribution in [3.05, 3.63) is 29.3 Å². The van der Waals surface area contributed by atoms with Gasteiger partial charge in [-0.2, -0.15) is 0 Å². The molecule has 0 radical (unpaired) electrons. The predicted molar refractivity (Wildman–Crippen MR) is 62.5 cm³/mol. The van der Waals surface area contributed by atoms with Gasteiger partial charge in [0.15, 0.2) is 0 Å². The van der Waals surface area contributed by atoms with Crippen LogP contribution in [0.15, 0.2) is 18.2 Å². The summed E-state index contributed by atoms with van der Waals surface area (Å²) < 4.78 is 5.43. The Hall–Kier alpha value is -1.13. The molecule has 1 aromatic carbocycles.